The number of fused-ring (bicyclic) bond motifs is 1. The molecule has 0 unspecified atom stereocenters. The Labute approximate surface area is 128 Å². The van der Waals surface area contributed by atoms with Crippen LogP contribution in [-0.2, 0) is 6.61 Å². The molecule has 1 aromatic carbocycles. The first-order valence-corrected chi connectivity index (χ1v) is 6.58. The number of hydrogen-bond acceptors (Lipinski definition) is 5. The normalized spacial score (nSPS) is 10.7. The number of benzene rings is 1. The first-order valence-electron chi connectivity index (χ1n) is 6.58. The molecular weight excluding hydrogens is 305 g/mol. The fourth-order valence-corrected chi connectivity index (χ4v) is 2.08. The molecule has 0 fully saturated rings. The van der Waals surface area contributed by atoms with Gasteiger partial charge >= 0.3 is 5.69 Å². The van der Waals surface area contributed by atoms with Crippen molar-refractivity contribution in [2.75, 3.05) is 0 Å². The Morgan fingerprint density at radius 2 is 2.09 bits per heavy atom. The number of nitrogens with zero attached hydrogens (tertiary/aromatic N) is 3. The number of halogens is 1. The van der Waals surface area contributed by atoms with Gasteiger partial charge in [0, 0.05) is 24.4 Å². The molecule has 23 heavy (non-hydrogen) atoms. The number of rotatable bonds is 4. The van der Waals surface area contributed by atoms with Gasteiger partial charge < -0.3 is 4.74 Å². The van der Waals surface area contributed by atoms with E-state index in [1.54, 1.807) is 24.4 Å². The molecule has 116 valence electrons. The van der Waals surface area contributed by atoms with Crippen LogP contribution >= 0.6 is 0 Å². The molecule has 2 heterocycles. The lowest BCUT2D eigenvalue weighted by Gasteiger charge is -2.07. The quantitative estimate of drug-likeness (QED) is 0.544. The van der Waals surface area contributed by atoms with Gasteiger partial charge in [0.15, 0.2) is 5.75 Å². The molecule has 2 aromatic heterocycles. The van der Waals surface area contributed by atoms with Crippen LogP contribution in [0.3, 0.4) is 0 Å². The molecule has 0 aliphatic heterocycles. The molecule has 0 atom stereocenters. The predicted molar refractivity (Wildman–Crippen MR) is 78.8 cm³/mol. The Morgan fingerprint density at radius 3 is 2.87 bits per heavy atom. The zero-order chi connectivity index (χ0) is 16.4. The second-order valence-electron chi connectivity index (χ2n) is 4.67. The lowest BCUT2D eigenvalue weighted by atomic mass is 10.3. The molecule has 3 aromatic rings. The van der Waals surface area contributed by atoms with Crippen molar-refractivity contribution in [2.45, 2.75) is 6.61 Å². The van der Waals surface area contributed by atoms with Gasteiger partial charge in [-0.1, -0.05) is 6.07 Å². The topological polar surface area (TPSA) is 86.7 Å². The van der Waals surface area contributed by atoms with Crippen LogP contribution in [0.25, 0.3) is 5.65 Å². The minimum absolute atomic E-state index is 0.190. The first-order chi connectivity index (χ1) is 11.0. The fraction of sp³-hybridized carbons (Fsp3) is 0.0667. The van der Waals surface area contributed by atoms with Crippen molar-refractivity contribution in [3.05, 3.63) is 80.6 Å². The van der Waals surface area contributed by atoms with E-state index in [9.17, 15) is 19.3 Å². The summed E-state index contributed by atoms with van der Waals surface area (Å²) in [6, 6.07) is 9.25. The maximum Gasteiger partial charge on any atom is 0.311 e. The zero-order valence-electron chi connectivity index (χ0n) is 11.7. The molecule has 8 heteroatoms. The van der Waals surface area contributed by atoms with Crippen LogP contribution in [0.5, 0.6) is 5.75 Å². The van der Waals surface area contributed by atoms with Crippen LogP contribution in [0.2, 0.25) is 0 Å². The smallest absolute Gasteiger partial charge is 0.311 e. The summed E-state index contributed by atoms with van der Waals surface area (Å²) in [6.07, 6.45) is 1.58. The molecule has 0 radical (unpaired) electrons. The molecular formula is C15H10FN3O4. The molecule has 0 saturated heterocycles. The standard InChI is InChI=1S/C15H10FN3O4/c16-10-4-5-12(19(21)22)13(7-10)23-9-11-8-15(20)18-6-2-1-3-14(18)17-11/h1-8H,9H2. The number of pyridine rings is 1. The summed E-state index contributed by atoms with van der Waals surface area (Å²) in [7, 11) is 0. The molecule has 0 spiro atoms. The average molecular weight is 315 g/mol. The summed E-state index contributed by atoms with van der Waals surface area (Å²) in [5.74, 6) is -0.873. The minimum Gasteiger partial charge on any atom is -0.480 e. The highest BCUT2D eigenvalue weighted by Gasteiger charge is 2.16. The van der Waals surface area contributed by atoms with Crippen LogP contribution < -0.4 is 10.3 Å². The lowest BCUT2D eigenvalue weighted by molar-refractivity contribution is -0.386. The van der Waals surface area contributed by atoms with E-state index in [1.807, 2.05) is 0 Å². The highest BCUT2D eigenvalue weighted by molar-refractivity contribution is 5.46. The van der Waals surface area contributed by atoms with Crippen LogP contribution in [-0.4, -0.2) is 14.3 Å². The third-order valence-electron chi connectivity index (χ3n) is 3.12. The van der Waals surface area contributed by atoms with Crippen molar-refractivity contribution in [1.29, 1.82) is 0 Å². The van der Waals surface area contributed by atoms with Gasteiger partial charge in [-0.2, -0.15) is 0 Å². The van der Waals surface area contributed by atoms with Crippen LogP contribution in [0, 0.1) is 15.9 Å². The van der Waals surface area contributed by atoms with Crippen LogP contribution in [0.15, 0.2) is 53.5 Å². The fourth-order valence-electron chi connectivity index (χ4n) is 2.08. The molecule has 0 aliphatic rings. The Morgan fingerprint density at radius 1 is 1.26 bits per heavy atom. The molecule has 0 bridgehead atoms. The zero-order valence-corrected chi connectivity index (χ0v) is 11.7. The van der Waals surface area contributed by atoms with Crippen molar-refractivity contribution in [3.63, 3.8) is 0 Å². The third kappa shape index (κ3) is 3.00. The number of hydrogen-bond donors (Lipinski definition) is 0. The Kier molecular flexibility index (Phi) is 3.71. The van der Waals surface area contributed by atoms with E-state index in [-0.39, 0.29) is 23.6 Å². The van der Waals surface area contributed by atoms with Crippen molar-refractivity contribution in [2.24, 2.45) is 0 Å². The highest BCUT2D eigenvalue weighted by atomic mass is 19.1. The van der Waals surface area contributed by atoms with Gasteiger partial charge in [0.2, 0.25) is 0 Å². The van der Waals surface area contributed by atoms with Crippen LogP contribution in [0.1, 0.15) is 5.69 Å². The maximum absolute atomic E-state index is 13.2. The molecule has 0 amide bonds. The van der Waals surface area contributed by atoms with E-state index in [0.29, 0.717) is 11.3 Å². The van der Waals surface area contributed by atoms with Crippen molar-refractivity contribution in [1.82, 2.24) is 9.38 Å². The molecule has 0 N–H and O–H groups in total. The lowest BCUT2D eigenvalue weighted by Crippen LogP contribution is -2.16. The van der Waals surface area contributed by atoms with Gasteiger partial charge in [-0.25, -0.2) is 9.37 Å². The summed E-state index contributed by atoms with van der Waals surface area (Å²) in [4.78, 5) is 26.4. The Hall–Kier alpha value is -3.29. The van der Waals surface area contributed by atoms with Gasteiger partial charge in [-0.3, -0.25) is 19.3 Å². The van der Waals surface area contributed by atoms with E-state index in [1.165, 1.54) is 10.5 Å². The molecule has 3 rings (SSSR count). The largest absolute Gasteiger partial charge is 0.480 e. The van der Waals surface area contributed by atoms with Gasteiger partial charge in [-0.15, -0.1) is 0 Å². The first kappa shape index (κ1) is 14.6. The minimum atomic E-state index is -0.669. The van der Waals surface area contributed by atoms with Gasteiger partial charge in [0.1, 0.15) is 18.1 Å². The summed E-state index contributed by atoms with van der Waals surface area (Å²) in [5.41, 5.74) is 0.0546. The molecule has 0 aliphatic carbocycles. The van der Waals surface area contributed by atoms with Gasteiger partial charge in [0.05, 0.1) is 10.6 Å². The third-order valence-corrected chi connectivity index (χ3v) is 3.12. The van der Waals surface area contributed by atoms with Gasteiger partial charge in [-0.05, 0) is 18.2 Å². The maximum atomic E-state index is 13.2. The second kappa shape index (κ2) is 5.84. The monoisotopic (exact) mass is 315 g/mol. The highest BCUT2D eigenvalue weighted by Crippen LogP contribution is 2.27. The summed E-state index contributed by atoms with van der Waals surface area (Å²) >= 11 is 0. The summed E-state index contributed by atoms with van der Waals surface area (Å²) < 4.78 is 19.9. The van der Waals surface area contributed by atoms with Crippen molar-refractivity contribution in [3.8, 4) is 5.75 Å². The Bertz CT molecular complexity index is 955. The molecule has 0 saturated carbocycles. The Balaban J connectivity index is 1.91. The number of nitro groups is 1. The van der Waals surface area contributed by atoms with Crippen molar-refractivity contribution >= 4 is 11.3 Å². The number of ether oxygens (including phenoxy) is 1. The number of nitro benzene ring substituents is 1. The van der Waals surface area contributed by atoms with Crippen molar-refractivity contribution < 1.29 is 14.1 Å². The van der Waals surface area contributed by atoms with Gasteiger partial charge in [0.25, 0.3) is 5.56 Å². The van der Waals surface area contributed by atoms with E-state index in [2.05, 4.69) is 4.98 Å². The van der Waals surface area contributed by atoms with E-state index in [0.717, 1.165) is 18.2 Å². The average Bonchev–Trinajstić information content (AvgIpc) is 2.53. The number of aromatic nitrogens is 2. The van der Waals surface area contributed by atoms with E-state index in [4.69, 9.17) is 4.74 Å². The van der Waals surface area contributed by atoms with E-state index < -0.39 is 10.7 Å². The SMILES string of the molecule is O=c1cc(COc2cc(F)ccc2[N+](=O)[O-])nc2ccccn12. The summed E-state index contributed by atoms with van der Waals surface area (Å²) in [6.45, 7) is -0.190. The van der Waals surface area contributed by atoms with E-state index >= 15 is 0 Å². The summed E-state index contributed by atoms with van der Waals surface area (Å²) in [5, 5.41) is 10.9. The predicted octanol–water partition coefficient (Wildman–Crippen LogP) is 2.32. The molecule has 7 nitrogen and oxygen atoms in total. The second-order valence-corrected chi connectivity index (χ2v) is 4.67. The van der Waals surface area contributed by atoms with Crippen LogP contribution in [0.4, 0.5) is 10.1 Å².